The molecule has 0 saturated carbocycles. The number of carbonyl (C=O) groups is 2. The van der Waals surface area contributed by atoms with Crippen LogP contribution in [0.15, 0.2) is 60.7 Å². The van der Waals surface area contributed by atoms with Crippen molar-refractivity contribution < 1.29 is 14.3 Å². The molecule has 0 aliphatic carbocycles. The Kier molecular flexibility index (Phi) is 7.71. The number of ether oxygens (including phenoxy) is 1. The van der Waals surface area contributed by atoms with Gasteiger partial charge in [0, 0.05) is 18.1 Å². The number of aryl methyl sites for hydroxylation is 1. The highest BCUT2D eigenvalue weighted by molar-refractivity contribution is 6.30. The van der Waals surface area contributed by atoms with Gasteiger partial charge in [-0.2, -0.15) is 5.26 Å². The van der Waals surface area contributed by atoms with Gasteiger partial charge in [-0.3, -0.25) is 14.6 Å². The molecule has 1 atom stereocenters. The van der Waals surface area contributed by atoms with Gasteiger partial charge in [0.15, 0.2) is 0 Å². The van der Waals surface area contributed by atoms with E-state index in [0.29, 0.717) is 53.1 Å². The lowest BCUT2D eigenvalue weighted by atomic mass is 10.1. The highest BCUT2D eigenvalue weighted by Crippen LogP contribution is 2.28. The molecule has 0 bridgehead atoms. The largest absolute Gasteiger partial charge is 0.455 e. The number of carbonyl (C=O) groups excluding carboxylic acids is 2. The highest BCUT2D eigenvalue weighted by atomic mass is 35.5. The topological polar surface area (TPSA) is 98.6 Å². The summed E-state index contributed by atoms with van der Waals surface area (Å²) in [6.45, 7) is 4.43. The molecule has 36 heavy (non-hydrogen) atoms. The van der Waals surface area contributed by atoms with E-state index in [0.717, 1.165) is 5.56 Å². The van der Waals surface area contributed by atoms with E-state index in [4.69, 9.17) is 21.6 Å². The van der Waals surface area contributed by atoms with Gasteiger partial charge in [-0.05, 0) is 61.4 Å². The number of benzene rings is 2. The van der Waals surface area contributed by atoms with E-state index in [-0.39, 0.29) is 18.4 Å². The molecular formula is C27H26ClN5O3. The second-order valence-corrected chi connectivity index (χ2v) is 8.90. The second-order valence-electron chi connectivity index (χ2n) is 8.47. The molecule has 1 fully saturated rings. The van der Waals surface area contributed by atoms with Crippen LogP contribution in [0.5, 0.6) is 11.5 Å². The lowest BCUT2D eigenvalue weighted by Crippen LogP contribution is -2.59. The maximum absolute atomic E-state index is 13.3. The summed E-state index contributed by atoms with van der Waals surface area (Å²) in [5.41, 5.74) is 2.02. The van der Waals surface area contributed by atoms with E-state index in [1.807, 2.05) is 19.1 Å². The first kappa shape index (κ1) is 25.0. The number of nitrogens with zero attached hydrogens (tertiary/aromatic N) is 4. The smallest absolute Gasteiger partial charge is 0.328 e. The van der Waals surface area contributed by atoms with Crippen LogP contribution < -0.4 is 10.1 Å². The third-order valence-electron chi connectivity index (χ3n) is 5.78. The predicted molar refractivity (Wildman–Crippen MR) is 137 cm³/mol. The van der Waals surface area contributed by atoms with Crippen LogP contribution in [0, 0.1) is 18.3 Å². The lowest BCUT2D eigenvalue weighted by molar-refractivity contribution is -0.132. The van der Waals surface area contributed by atoms with Crippen LogP contribution in [0.25, 0.3) is 0 Å². The number of anilines is 1. The van der Waals surface area contributed by atoms with Crippen molar-refractivity contribution in [3.8, 4) is 17.6 Å². The average Bonchev–Trinajstić information content (AvgIpc) is 2.87. The van der Waals surface area contributed by atoms with E-state index in [2.05, 4.69) is 16.4 Å². The quantitative estimate of drug-likeness (QED) is 0.422. The molecule has 184 valence electrons. The van der Waals surface area contributed by atoms with Gasteiger partial charge in [-0.15, -0.1) is 0 Å². The Balaban J connectivity index is 1.54. The fraction of sp³-hybridized carbons (Fsp3) is 0.259. The zero-order valence-corrected chi connectivity index (χ0v) is 20.8. The van der Waals surface area contributed by atoms with Gasteiger partial charge in [0.2, 0.25) is 5.91 Å². The fourth-order valence-electron chi connectivity index (χ4n) is 3.98. The minimum absolute atomic E-state index is 0.124. The number of nitrogens with one attached hydrogen (secondary N) is 1. The third-order valence-corrected chi connectivity index (χ3v) is 6.03. The first-order chi connectivity index (χ1) is 17.4. The summed E-state index contributed by atoms with van der Waals surface area (Å²) in [6, 6.07) is 19.4. The maximum Gasteiger partial charge on any atom is 0.328 e. The molecule has 1 aromatic heterocycles. The van der Waals surface area contributed by atoms with E-state index in [1.165, 1.54) is 4.90 Å². The molecule has 1 N–H and O–H groups in total. The van der Waals surface area contributed by atoms with Gasteiger partial charge in [-0.25, -0.2) is 9.78 Å². The number of hydrogen-bond acceptors (Lipinski definition) is 6. The van der Waals surface area contributed by atoms with Crippen LogP contribution in [-0.4, -0.2) is 39.4 Å². The van der Waals surface area contributed by atoms with Gasteiger partial charge in [0.1, 0.15) is 23.5 Å². The van der Waals surface area contributed by atoms with Crippen LogP contribution in [-0.2, 0) is 11.3 Å². The lowest BCUT2D eigenvalue weighted by Gasteiger charge is -2.40. The number of aromatic nitrogens is 1. The van der Waals surface area contributed by atoms with E-state index in [1.54, 1.807) is 60.4 Å². The Labute approximate surface area is 215 Å². The van der Waals surface area contributed by atoms with Crippen molar-refractivity contribution in [1.82, 2.24) is 14.8 Å². The zero-order valence-electron chi connectivity index (χ0n) is 20.1. The molecule has 2 heterocycles. The van der Waals surface area contributed by atoms with Crippen LogP contribution in [0.1, 0.15) is 36.6 Å². The average molecular weight is 504 g/mol. The summed E-state index contributed by atoms with van der Waals surface area (Å²) >= 11 is 6.02. The second kappa shape index (κ2) is 11.1. The van der Waals surface area contributed by atoms with Crippen LogP contribution in [0.2, 0.25) is 5.02 Å². The minimum Gasteiger partial charge on any atom is -0.455 e. The molecule has 1 aliphatic heterocycles. The Hall–Kier alpha value is -4.09. The number of urea groups is 1. The van der Waals surface area contributed by atoms with Crippen molar-refractivity contribution in [3.63, 3.8) is 0 Å². The molecular weight excluding hydrogens is 478 g/mol. The molecule has 1 unspecified atom stereocenters. The molecule has 0 spiro atoms. The summed E-state index contributed by atoms with van der Waals surface area (Å²) in [6.07, 6.45) is 0.239. The van der Waals surface area contributed by atoms with Crippen LogP contribution in [0.3, 0.4) is 0 Å². The molecule has 0 radical (unpaired) electrons. The third kappa shape index (κ3) is 5.75. The van der Waals surface area contributed by atoms with Gasteiger partial charge < -0.3 is 10.1 Å². The standard InChI is InChI=1S/C27H26ClN5O3/c1-3-13-32-26(34)15-25(33(27(32)35)17-19-7-9-21(28)10-8-19)31-24-12-11-23(18(2)30-24)36-22-6-4-5-20(14-22)16-29/h4-12,14,25H,3,13,15,17H2,1-2H3,(H,30,31). The first-order valence-corrected chi connectivity index (χ1v) is 12.0. The summed E-state index contributed by atoms with van der Waals surface area (Å²) in [7, 11) is 0. The number of amides is 3. The molecule has 9 heteroatoms. The predicted octanol–water partition coefficient (Wildman–Crippen LogP) is 5.71. The number of imide groups is 1. The van der Waals surface area contributed by atoms with E-state index >= 15 is 0 Å². The summed E-state index contributed by atoms with van der Waals surface area (Å²) in [5.74, 6) is 1.37. The summed E-state index contributed by atoms with van der Waals surface area (Å²) in [4.78, 5) is 33.6. The Morgan fingerprint density at radius 3 is 2.64 bits per heavy atom. The summed E-state index contributed by atoms with van der Waals surface area (Å²) in [5, 5.41) is 13.0. The van der Waals surface area contributed by atoms with Gasteiger partial charge in [-0.1, -0.05) is 36.7 Å². The first-order valence-electron chi connectivity index (χ1n) is 11.7. The molecule has 4 rings (SSSR count). The van der Waals surface area contributed by atoms with Crippen molar-refractivity contribution in [3.05, 3.63) is 82.5 Å². The molecule has 3 aromatic rings. The van der Waals surface area contributed by atoms with E-state index < -0.39 is 6.17 Å². The molecule has 2 aromatic carbocycles. The van der Waals surface area contributed by atoms with Crippen molar-refractivity contribution in [2.24, 2.45) is 0 Å². The molecule has 3 amide bonds. The Morgan fingerprint density at radius 1 is 1.17 bits per heavy atom. The number of halogens is 1. The van der Waals surface area contributed by atoms with Crippen molar-refractivity contribution in [1.29, 1.82) is 5.26 Å². The van der Waals surface area contributed by atoms with Gasteiger partial charge in [0.05, 0.1) is 23.7 Å². The maximum atomic E-state index is 13.3. The van der Waals surface area contributed by atoms with Gasteiger partial charge >= 0.3 is 6.03 Å². The fourth-order valence-corrected chi connectivity index (χ4v) is 4.11. The molecule has 1 aliphatic rings. The monoisotopic (exact) mass is 503 g/mol. The van der Waals surface area contributed by atoms with Crippen molar-refractivity contribution in [2.75, 3.05) is 11.9 Å². The molecule has 8 nitrogen and oxygen atoms in total. The van der Waals surface area contributed by atoms with Crippen molar-refractivity contribution >= 4 is 29.4 Å². The van der Waals surface area contributed by atoms with Crippen molar-refractivity contribution in [2.45, 2.75) is 39.4 Å². The van der Waals surface area contributed by atoms with Crippen LogP contribution >= 0.6 is 11.6 Å². The van der Waals surface area contributed by atoms with Crippen LogP contribution in [0.4, 0.5) is 10.6 Å². The van der Waals surface area contributed by atoms with Gasteiger partial charge in [0.25, 0.3) is 0 Å². The Morgan fingerprint density at radius 2 is 1.94 bits per heavy atom. The summed E-state index contributed by atoms with van der Waals surface area (Å²) < 4.78 is 5.90. The Bertz CT molecular complexity index is 1310. The SMILES string of the molecule is CCCN1C(=O)CC(Nc2ccc(Oc3cccc(C#N)c3)c(C)n2)N(Cc2ccc(Cl)cc2)C1=O. The number of hydrogen-bond donors (Lipinski definition) is 1. The normalized spacial score (nSPS) is 15.6. The molecule has 1 saturated heterocycles. The highest BCUT2D eigenvalue weighted by Gasteiger charge is 2.38. The zero-order chi connectivity index (χ0) is 25.7. The van der Waals surface area contributed by atoms with E-state index in [9.17, 15) is 9.59 Å². The number of pyridine rings is 1. The number of rotatable bonds is 8. The number of nitriles is 1. The minimum atomic E-state index is -0.570.